The Bertz CT molecular complexity index is 595. The van der Waals surface area contributed by atoms with Crippen LogP contribution in [0.2, 0.25) is 0 Å². The zero-order valence-corrected chi connectivity index (χ0v) is 13.7. The highest BCUT2D eigenvalue weighted by Crippen LogP contribution is 2.23. The van der Waals surface area contributed by atoms with Gasteiger partial charge < -0.3 is 9.88 Å². The fraction of sp³-hybridized carbons (Fsp3) is 0.533. The summed E-state index contributed by atoms with van der Waals surface area (Å²) in [5.41, 5.74) is 3.70. The molecule has 0 radical (unpaired) electrons. The first-order valence-electron chi connectivity index (χ1n) is 7.25. The molecule has 1 saturated carbocycles. The Morgan fingerprint density at radius 3 is 2.90 bits per heavy atom. The van der Waals surface area contributed by atoms with Gasteiger partial charge >= 0.3 is 0 Å². The average Bonchev–Trinajstić information content (AvgIpc) is 3.11. The summed E-state index contributed by atoms with van der Waals surface area (Å²) >= 11 is 3.68. The first-order valence-corrected chi connectivity index (χ1v) is 8.05. The van der Waals surface area contributed by atoms with Crippen molar-refractivity contribution < 1.29 is 0 Å². The lowest BCUT2D eigenvalue weighted by Crippen LogP contribution is -2.14. The van der Waals surface area contributed by atoms with Crippen LogP contribution in [0.4, 0.5) is 0 Å². The zero-order valence-electron chi connectivity index (χ0n) is 12.1. The fourth-order valence-corrected chi connectivity index (χ4v) is 3.15. The SMILES string of the molecule is CCc1nn(C)c(Cn2ccc(CNC3CC3)c2)c1Br. The molecule has 1 N–H and O–H groups in total. The van der Waals surface area contributed by atoms with Gasteiger partial charge in [0.15, 0.2) is 0 Å². The minimum atomic E-state index is 0.761. The van der Waals surface area contributed by atoms with Crippen molar-refractivity contribution in [2.45, 2.75) is 45.3 Å². The van der Waals surface area contributed by atoms with Crippen LogP contribution in [-0.4, -0.2) is 20.4 Å². The van der Waals surface area contributed by atoms with Crippen LogP contribution in [0.25, 0.3) is 0 Å². The third-order valence-corrected chi connectivity index (χ3v) is 4.73. The monoisotopic (exact) mass is 336 g/mol. The van der Waals surface area contributed by atoms with Crippen LogP contribution in [0, 0.1) is 0 Å². The number of nitrogens with zero attached hydrogens (tertiary/aromatic N) is 3. The van der Waals surface area contributed by atoms with Gasteiger partial charge in [-0.3, -0.25) is 4.68 Å². The van der Waals surface area contributed by atoms with Gasteiger partial charge in [0.25, 0.3) is 0 Å². The number of halogens is 1. The largest absolute Gasteiger partial charge is 0.348 e. The zero-order chi connectivity index (χ0) is 14.1. The molecule has 0 saturated heterocycles. The highest BCUT2D eigenvalue weighted by Gasteiger charge is 2.20. The standard InChI is InChI=1S/C15H21BrN4/c1-3-13-15(16)14(19(2)18-13)10-20-7-6-11(9-20)8-17-12-4-5-12/h6-7,9,12,17H,3-5,8,10H2,1-2H3. The van der Waals surface area contributed by atoms with Crippen LogP contribution in [0.1, 0.15) is 36.7 Å². The van der Waals surface area contributed by atoms with Crippen LogP contribution < -0.4 is 5.32 Å². The van der Waals surface area contributed by atoms with E-state index in [-0.39, 0.29) is 0 Å². The van der Waals surface area contributed by atoms with E-state index in [0.717, 1.165) is 35.7 Å². The molecule has 0 atom stereocenters. The fourth-order valence-electron chi connectivity index (χ4n) is 2.41. The lowest BCUT2D eigenvalue weighted by molar-refractivity contribution is 0.656. The molecule has 2 aromatic heterocycles. The topological polar surface area (TPSA) is 34.8 Å². The van der Waals surface area contributed by atoms with E-state index in [1.54, 1.807) is 0 Å². The van der Waals surface area contributed by atoms with Crippen molar-refractivity contribution >= 4 is 15.9 Å². The maximum absolute atomic E-state index is 4.54. The van der Waals surface area contributed by atoms with E-state index in [2.05, 4.69) is 56.3 Å². The van der Waals surface area contributed by atoms with Crippen molar-refractivity contribution in [3.05, 3.63) is 39.9 Å². The smallest absolute Gasteiger partial charge is 0.0767 e. The molecule has 0 aromatic carbocycles. The first kappa shape index (κ1) is 13.9. The van der Waals surface area contributed by atoms with Gasteiger partial charge in [-0.1, -0.05) is 6.92 Å². The lowest BCUT2D eigenvalue weighted by atomic mass is 10.3. The van der Waals surface area contributed by atoms with Crippen molar-refractivity contribution in [3.8, 4) is 0 Å². The molecule has 1 aliphatic carbocycles. The Balaban J connectivity index is 1.69. The van der Waals surface area contributed by atoms with Gasteiger partial charge in [-0.25, -0.2) is 0 Å². The molecule has 5 heteroatoms. The molecular formula is C15H21BrN4. The first-order chi connectivity index (χ1) is 9.67. The maximum Gasteiger partial charge on any atom is 0.0767 e. The molecule has 20 heavy (non-hydrogen) atoms. The third kappa shape index (κ3) is 2.99. The second-order valence-electron chi connectivity index (χ2n) is 5.53. The van der Waals surface area contributed by atoms with Gasteiger partial charge in [-0.05, 0) is 46.8 Å². The van der Waals surface area contributed by atoms with Gasteiger partial charge in [-0.2, -0.15) is 5.10 Å². The van der Waals surface area contributed by atoms with Crippen molar-refractivity contribution in [1.82, 2.24) is 19.7 Å². The summed E-state index contributed by atoms with van der Waals surface area (Å²) in [5, 5.41) is 8.09. The van der Waals surface area contributed by atoms with Crippen molar-refractivity contribution in [2.24, 2.45) is 7.05 Å². The summed E-state index contributed by atoms with van der Waals surface area (Å²) in [6.07, 6.45) is 8.00. The number of hydrogen-bond acceptors (Lipinski definition) is 2. The number of rotatable bonds is 6. The van der Waals surface area contributed by atoms with E-state index in [4.69, 9.17) is 0 Å². The Morgan fingerprint density at radius 1 is 1.45 bits per heavy atom. The number of hydrogen-bond donors (Lipinski definition) is 1. The molecule has 0 bridgehead atoms. The van der Waals surface area contributed by atoms with E-state index in [0.29, 0.717) is 0 Å². The number of aryl methyl sites for hydroxylation is 2. The number of nitrogens with one attached hydrogen (secondary N) is 1. The molecule has 2 aromatic rings. The second kappa shape index (κ2) is 5.74. The molecule has 0 unspecified atom stereocenters. The Morgan fingerprint density at radius 2 is 2.25 bits per heavy atom. The minimum Gasteiger partial charge on any atom is -0.348 e. The predicted octanol–water partition coefficient (Wildman–Crippen LogP) is 2.85. The van der Waals surface area contributed by atoms with Crippen LogP contribution in [0.3, 0.4) is 0 Å². The summed E-state index contributed by atoms with van der Waals surface area (Å²) < 4.78 is 5.35. The minimum absolute atomic E-state index is 0.761. The van der Waals surface area contributed by atoms with Gasteiger partial charge in [0.05, 0.1) is 22.4 Å². The van der Waals surface area contributed by atoms with Crippen molar-refractivity contribution in [2.75, 3.05) is 0 Å². The quantitative estimate of drug-likeness (QED) is 0.880. The molecular weight excluding hydrogens is 316 g/mol. The van der Waals surface area contributed by atoms with E-state index in [9.17, 15) is 0 Å². The summed E-state index contributed by atoms with van der Waals surface area (Å²) in [5.74, 6) is 0. The summed E-state index contributed by atoms with van der Waals surface area (Å²) in [6.45, 7) is 3.96. The molecule has 0 spiro atoms. The molecule has 0 amide bonds. The second-order valence-corrected chi connectivity index (χ2v) is 6.32. The van der Waals surface area contributed by atoms with Crippen LogP contribution in [0.15, 0.2) is 22.9 Å². The van der Waals surface area contributed by atoms with Crippen LogP contribution in [-0.2, 0) is 26.6 Å². The molecule has 2 heterocycles. The Kier molecular flexibility index (Phi) is 3.98. The van der Waals surface area contributed by atoms with E-state index in [1.165, 1.54) is 24.1 Å². The van der Waals surface area contributed by atoms with Crippen molar-refractivity contribution in [3.63, 3.8) is 0 Å². The molecule has 1 aliphatic rings. The van der Waals surface area contributed by atoms with Gasteiger partial charge in [-0.15, -0.1) is 0 Å². The Hall–Kier alpha value is -1.07. The highest BCUT2D eigenvalue weighted by atomic mass is 79.9. The summed E-state index contributed by atoms with van der Waals surface area (Å²) in [7, 11) is 2.01. The maximum atomic E-state index is 4.54. The van der Waals surface area contributed by atoms with Gasteiger partial charge in [0, 0.05) is 32.0 Å². The highest BCUT2D eigenvalue weighted by molar-refractivity contribution is 9.10. The molecule has 3 rings (SSSR count). The summed E-state index contributed by atoms with van der Waals surface area (Å²) in [6, 6.07) is 2.96. The molecule has 108 valence electrons. The lowest BCUT2D eigenvalue weighted by Gasteiger charge is -2.05. The van der Waals surface area contributed by atoms with E-state index in [1.807, 2.05) is 11.7 Å². The van der Waals surface area contributed by atoms with Gasteiger partial charge in [0.1, 0.15) is 0 Å². The number of aromatic nitrogens is 3. The van der Waals surface area contributed by atoms with Crippen molar-refractivity contribution in [1.29, 1.82) is 0 Å². The van der Waals surface area contributed by atoms with Gasteiger partial charge in [0.2, 0.25) is 0 Å². The van der Waals surface area contributed by atoms with Crippen LogP contribution >= 0.6 is 15.9 Å². The molecule has 1 fully saturated rings. The molecule has 4 nitrogen and oxygen atoms in total. The summed E-state index contributed by atoms with van der Waals surface area (Å²) in [4.78, 5) is 0. The van der Waals surface area contributed by atoms with Crippen LogP contribution in [0.5, 0.6) is 0 Å². The van der Waals surface area contributed by atoms with E-state index >= 15 is 0 Å². The third-order valence-electron chi connectivity index (χ3n) is 3.82. The normalized spacial score (nSPS) is 14.9. The van der Waals surface area contributed by atoms with E-state index < -0.39 is 0 Å². The predicted molar refractivity (Wildman–Crippen MR) is 83.7 cm³/mol. The molecule has 0 aliphatic heterocycles. The Labute approximate surface area is 128 Å². The average molecular weight is 337 g/mol.